The van der Waals surface area contributed by atoms with E-state index in [-0.39, 0.29) is 50.8 Å². The molecular formula is C24H31N5O6. The molecule has 2 atom stereocenters. The van der Waals surface area contributed by atoms with Gasteiger partial charge in [-0.2, -0.15) is 5.01 Å². The Morgan fingerprint density at radius 2 is 2.00 bits per heavy atom. The van der Waals surface area contributed by atoms with E-state index in [1.165, 1.54) is 14.9 Å². The molecule has 1 aromatic carbocycles. The van der Waals surface area contributed by atoms with Gasteiger partial charge >= 0.3 is 12.0 Å². The number of carboxylic acid groups (broad SMARTS) is 1. The summed E-state index contributed by atoms with van der Waals surface area (Å²) in [6, 6.07) is 7.92. The Morgan fingerprint density at radius 1 is 1.26 bits per heavy atom. The van der Waals surface area contributed by atoms with Crippen LogP contribution in [0.4, 0.5) is 4.79 Å². The van der Waals surface area contributed by atoms with Gasteiger partial charge in [-0.05, 0) is 18.4 Å². The zero-order valence-corrected chi connectivity index (χ0v) is 19.8. The van der Waals surface area contributed by atoms with Crippen molar-refractivity contribution in [3.8, 4) is 12.3 Å². The highest BCUT2D eigenvalue weighted by Gasteiger charge is 2.51. The first kappa shape index (κ1) is 26.0. The van der Waals surface area contributed by atoms with Crippen molar-refractivity contribution in [2.24, 2.45) is 0 Å². The van der Waals surface area contributed by atoms with Crippen LogP contribution in [-0.2, 0) is 25.7 Å². The minimum absolute atomic E-state index is 0.0201. The third-order valence-corrected chi connectivity index (χ3v) is 6.01. The number of rotatable bonds is 10. The molecule has 0 saturated carbocycles. The third-order valence-electron chi connectivity index (χ3n) is 6.01. The van der Waals surface area contributed by atoms with E-state index in [2.05, 4.69) is 11.2 Å². The van der Waals surface area contributed by atoms with E-state index >= 15 is 0 Å². The number of benzene rings is 1. The number of terminal acetylenes is 1. The molecule has 4 amide bonds. The summed E-state index contributed by atoms with van der Waals surface area (Å²) >= 11 is 0. The van der Waals surface area contributed by atoms with E-state index in [1.54, 1.807) is 12.0 Å². The van der Waals surface area contributed by atoms with Gasteiger partial charge in [0.05, 0.1) is 19.6 Å². The zero-order chi connectivity index (χ0) is 25.4. The maximum Gasteiger partial charge on any atom is 0.334 e. The monoisotopic (exact) mass is 485 g/mol. The first-order chi connectivity index (χ1) is 16.9. The normalized spacial score (nSPS) is 20.4. The Balaban J connectivity index is 1.90. The maximum absolute atomic E-state index is 13.4. The van der Waals surface area contributed by atoms with Crippen molar-refractivity contribution < 1.29 is 29.0 Å². The number of amides is 4. The van der Waals surface area contributed by atoms with E-state index < -0.39 is 24.2 Å². The van der Waals surface area contributed by atoms with Gasteiger partial charge in [0, 0.05) is 33.2 Å². The predicted octanol–water partition coefficient (Wildman–Crippen LogP) is 0.329. The second-order valence-electron chi connectivity index (χ2n) is 8.38. The summed E-state index contributed by atoms with van der Waals surface area (Å²) < 4.78 is 5.09. The standard InChI is InChI=1S/C24H31N5O6/c1-3-12-27-17-21(30)28-19(10-11-22(31)32)23(33)26(13-7-14-35-2)16-20(28)29(27)24(34)25-15-18-8-5-4-6-9-18/h1,4-6,8-9,19-20H,7,10-17H2,2H3,(H,25,34)(H,31,32)/t19-,20-/m0/s1. The van der Waals surface area contributed by atoms with Gasteiger partial charge in [-0.15, -0.1) is 6.42 Å². The average Bonchev–Trinajstić information content (AvgIpc) is 2.83. The lowest BCUT2D eigenvalue weighted by atomic mass is 10.0. The van der Waals surface area contributed by atoms with E-state index in [9.17, 15) is 24.3 Å². The van der Waals surface area contributed by atoms with Crippen LogP contribution in [0.2, 0.25) is 0 Å². The number of fused-ring (bicyclic) bond motifs is 1. The fourth-order valence-electron chi connectivity index (χ4n) is 4.43. The van der Waals surface area contributed by atoms with Crippen LogP contribution in [-0.4, -0.2) is 101 Å². The number of hydrogen-bond acceptors (Lipinski definition) is 6. The van der Waals surface area contributed by atoms with Crippen molar-refractivity contribution >= 4 is 23.8 Å². The summed E-state index contributed by atoms with van der Waals surface area (Å²) in [4.78, 5) is 54.0. The molecule has 2 aliphatic rings. The lowest BCUT2D eigenvalue weighted by molar-refractivity contribution is -0.189. The number of carbonyl (C=O) groups is 4. The number of methoxy groups -OCH3 is 1. The molecule has 0 unspecified atom stereocenters. The van der Waals surface area contributed by atoms with E-state index in [0.29, 0.717) is 19.6 Å². The van der Waals surface area contributed by atoms with Gasteiger partial charge in [0.25, 0.3) is 0 Å². The smallest absolute Gasteiger partial charge is 0.334 e. The number of carboxylic acids is 1. The number of urea groups is 1. The van der Waals surface area contributed by atoms with Crippen molar-refractivity contribution in [1.82, 2.24) is 25.1 Å². The van der Waals surface area contributed by atoms with Crippen LogP contribution >= 0.6 is 0 Å². The van der Waals surface area contributed by atoms with Crippen LogP contribution in [0.1, 0.15) is 24.8 Å². The number of hydrogen-bond donors (Lipinski definition) is 2. The quantitative estimate of drug-likeness (QED) is 0.362. The minimum Gasteiger partial charge on any atom is -0.481 e. The lowest BCUT2D eigenvalue weighted by Gasteiger charge is -2.54. The molecule has 0 aliphatic carbocycles. The Bertz CT molecular complexity index is 965. The first-order valence-corrected chi connectivity index (χ1v) is 11.5. The maximum atomic E-state index is 13.4. The summed E-state index contributed by atoms with van der Waals surface area (Å²) in [5, 5.41) is 15.0. The number of nitrogens with one attached hydrogen (secondary N) is 1. The molecule has 188 valence electrons. The van der Waals surface area contributed by atoms with Crippen molar-refractivity contribution in [2.75, 3.05) is 39.9 Å². The van der Waals surface area contributed by atoms with E-state index in [4.69, 9.17) is 11.2 Å². The molecule has 2 N–H and O–H groups in total. The number of hydrazine groups is 1. The topological polar surface area (TPSA) is 123 Å². The van der Waals surface area contributed by atoms with Crippen LogP contribution < -0.4 is 5.32 Å². The molecule has 2 heterocycles. The molecule has 0 aromatic heterocycles. The van der Waals surface area contributed by atoms with E-state index in [0.717, 1.165) is 5.56 Å². The van der Waals surface area contributed by atoms with E-state index in [1.807, 2.05) is 30.3 Å². The molecular weight excluding hydrogens is 454 g/mol. The molecule has 1 aromatic rings. The number of piperazine rings is 1. The second kappa shape index (κ2) is 12.2. The molecule has 0 radical (unpaired) electrons. The van der Waals surface area contributed by atoms with Crippen LogP contribution in [0.3, 0.4) is 0 Å². The van der Waals surface area contributed by atoms with Gasteiger partial charge < -0.3 is 25.0 Å². The highest BCUT2D eigenvalue weighted by Crippen LogP contribution is 2.28. The first-order valence-electron chi connectivity index (χ1n) is 11.5. The van der Waals surface area contributed by atoms with Crippen LogP contribution in [0.5, 0.6) is 0 Å². The minimum atomic E-state index is -1.07. The fraction of sp³-hybridized carbons (Fsp3) is 0.500. The average molecular weight is 486 g/mol. The van der Waals surface area contributed by atoms with Gasteiger partial charge in [-0.3, -0.25) is 14.4 Å². The van der Waals surface area contributed by atoms with Gasteiger partial charge in [0.2, 0.25) is 11.8 Å². The van der Waals surface area contributed by atoms with Crippen LogP contribution in [0.25, 0.3) is 0 Å². The highest BCUT2D eigenvalue weighted by atomic mass is 16.5. The summed E-state index contributed by atoms with van der Waals surface area (Å²) in [5.74, 6) is 0.708. The Morgan fingerprint density at radius 3 is 2.66 bits per heavy atom. The predicted molar refractivity (Wildman–Crippen MR) is 125 cm³/mol. The Kier molecular flexibility index (Phi) is 9.05. The van der Waals surface area contributed by atoms with Crippen LogP contribution in [0, 0.1) is 12.3 Å². The molecule has 2 fully saturated rings. The van der Waals surface area contributed by atoms with Gasteiger partial charge in [0.1, 0.15) is 12.2 Å². The summed E-state index contributed by atoms with van der Waals surface area (Å²) in [6.07, 6.45) is 4.92. The summed E-state index contributed by atoms with van der Waals surface area (Å²) in [7, 11) is 1.56. The number of nitrogens with zero attached hydrogens (tertiary/aromatic N) is 4. The lowest BCUT2D eigenvalue weighted by Crippen LogP contribution is -2.76. The summed E-state index contributed by atoms with van der Waals surface area (Å²) in [5.41, 5.74) is 0.897. The molecule has 11 heteroatoms. The van der Waals surface area contributed by atoms with Gasteiger partial charge in [0.15, 0.2) is 0 Å². The molecule has 11 nitrogen and oxygen atoms in total. The molecule has 2 aliphatic heterocycles. The number of ether oxygens (including phenoxy) is 1. The highest BCUT2D eigenvalue weighted by molar-refractivity contribution is 5.91. The largest absolute Gasteiger partial charge is 0.481 e. The zero-order valence-electron chi connectivity index (χ0n) is 19.8. The fourth-order valence-corrected chi connectivity index (χ4v) is 4.43. The van der Waals surface area contributed by atoms with Crippen LogP contribution in [0.15, 0.2) is 30.3 Å². The second-order valence-corrected chi connectivity index (χ2v) is 8.38. The summed E-state index contributed by atoms with van der Waals surface area (Å²) in [6.45, 7) is 0.953. The molecule has 0 bridgehead atoms. The number of aliphatic carboxylic acids is 1. The van der Waals surface area contributed by atoms with Gasteiger partial charge in [-0.25, -0.2) is 9.80 Å². The van der Waals surface area contributed by atoms with Crippen molar-refractivity contribution in [3.05, 3.63) is 35.9 Å². The Hall–Kier alpha value is -3.62. The molecule has 3 rings (SSSR count). The van der Waals surface area contributed by atoms with Gasteiger partial charge in [-0.1, -0.05) is 36.3 Å². The SMILES string of the molecule is C#CCN1CC(=O)N2[C@@H](CCC(=O)O)C(=O)N(CCCOC)C[C@@H]2N1C(=O)NCc1ccccc1. The number of carbonyl (C=O) groups excluding carboxylic acids is 3. The Labute approximate surface area is 204 Å². The molecule has 0 spiro atoms. The van der Waals surface area contributed by atoms with Crippen molar-refractivity contribution in [1.29, 1.82) is 0 Å². The van der Waals surface area contributed by atoms with Crippen molar-refractivity contribution in [3.63, 3.8) is 0 Å². The molecule has 35 heavy (non-hydrogen) atoms. The van der Waals surface area contributed by atoms with Crippen molar-refractivity contribution in [2.45, 2.75) is 38.0 Å². The third kappa shape index (κ3) is 6.29. The molecule has 2 saturated heterocycles.